The smallest absolute Gasteiger partial charge is 0.253 e. The third kappa shape index (κ3) is 5.74. The van der Waals surface area contributed by atoms with Crippen LogP contribution in [0.3, 0.4) is 0 Å². The van der Waals surface area contributed by atoms with Crippen LogP contribution in [-0.2, 0) is 11.3 Å². The van der Waals surface area contributed by atoms with Gasteiger partial charge in [0.2, 0.25) is 0 Å². The Bertz CT molecular complexity index is 590. The molecular formula is C19H30N4O2. The van der Waals surface area contributed by atoms with Gasteiger partial charge in [0, 0.05) is 39.4 Å². The van der Waals surface area contributed by atoms with E-state index in [0.717, 1.165) is 44.1 Å². The molecule has 1 atom stereocenters. The van der Waals surface area contributed by atoms with Crippen molar-refractivity contribution in [3.05, 3.63) is 35.4 Å². The number of carbonyl (C=O) groups is 1. The van der Waals surface area contributed by atoms with Crippen LogP contribution < -0.4 is 10.6 Å². The van der Waals surface area contributed by atoms with Gasteiger partial charge in [-0.2, -0.15) is 0 Å². The van der Waals surface area contributed by atoms with Gasteiger partial charge in [-0.25, -0.2) is 4.99 Å². The molecule has 1 heterocycles. The Morgan fingerprint density at radius 2 is 2.00 bits per heavy atom. The summed E-state index contributed by atoms with van der Waals surface area (Å²) in [6.07, 6.45) is 2.19. The van der Waals surface area contributed by atoms with Gasteiger partial charge in [0.15, 0.2) is 5.96 Å². The molecule has 0 saturated carbocycles. The number of ether oxygens (including phenoxy) is 1. The number of hydrogen-bond acceptors (Lipinski definition) is 3. The molecule has 0 aromatic heterocycles. The highest BCUT2D eigenvalue weighted by Gasteiger charge is 2.29. The summed E-state index contributed by atoms with van der Waals surface area (Å²) in [4.78, 5) is 18.1. The van der Waals surface area contributed by atoms with Crippen LogP contribution >= 0.6 is 0 Å². The largest absolute Gasteiger partial charge is 0.373 e. The van der Waals surface area contributed by atoms with Gasteiger partial charge in [0.1, 0.15) is 0 Å². The molecule has 0 spiro atoms. The van der Waals surface area contributed by atoms with Crippen LogP contribution in [0.2, 0.25) is 0 Å². The van der Waals surface area contributed by atoms with Gasteiger partial charge in [-0.3, -0.25) is 4.79 Å². The second-order valence-electron chi connectivity index (χ2n) is 6.85. The fraction of sp³-hybridized carbons (Fsp3) is 0.579. The molecule has 1 saturated heterocycles. The van der Waals surface area contributed by atoms with E-state index >= 15 is 0 Å². The van der Waals surface area contributed by atoms with Crippen LogP contribution in [0.5, 0.6) is 0 Å². The highest BCUT2D eigenvalue weighted by Crippen LogP contribution is 2.23. The van der Waals surface area contributed by atoms with Crippen LogP contribution in [0, 0.1) is 0 Å². The summed E-state index contributed by atoms with van der Waals surface area (Å²) < 4.78 is 5.81. The molecule has 1 aromatic carbocycles. The Morgan fingerprint density at radius 3 is 2.56 bits per heavy atom. The number of guanidine groups is 1. The van der Waals surface area contributed by atoms with Crippen molar-refractivity contribution in [3.8, 4) is 0 Å². The normalized spacial score (nSPS) is 20.4. The average molecular weight is 346 g/mol. The maximum atomic E-state index is 11.9. The number of rotatable bonds is 6. The van der Waals surface area contributed by atoms with Crippen molar-refractivity contribution in [2.24, 2.45) is 4.99 Å². The van der Waals surface area contributed by atoms with Crippen LogP contribution in [0.1, 0.15) is 42.6 Å². The molecule has 1 aliphatic rings. The van der Waals surface area contributed by atoms with Gasteiger partial charge in [-0.05, 0) is 44.4 Å². The topological polar surface area (TPSA) is 66.0 Å². The molecule has 25 heavy (non-hydrogen) atoms. The first-order valence-corrected chi connectivity index (χ1v) is 8.90. The van der Waals surface area contributed by atoms with Crippen molar-refractivity contribution >= 4 is 11.9 Å². The second-order valence-corrected chi connectivity index (χ2v) is 6.85. The standard InChI is InChI=1S/C19H30N4O2/c1-5-20-18(22-14-19(2)11-6-12-25-19)21-13-15-7-9-16(10-8-15)17(24)23(3)4/h7-10H,5-6,11-14H2,1-4H3,(H2,20,21,22). The minimum absolute atomic E-state index is 0.00913. The first-order chi connectivity index (χ1) is 11.9. The van der Waals surface area contributed by atoms with Gasteiger partial charge in [-0.1, -0.05) is 12.1 Å². The molecule has 1 unspecified atom stereocenters. The van der Waals surface area contributed by atoms with Crippen molar-refractivity contribution in [2.45, 2.75) is 38.8 Å². The summed E-state index contributed by atoms with van der Waals surface area (Å²) in [6, 6.07) is 7.60. The molecule has 1 amide bonds. The average Bonchev–Trinajstić information content (AvgIpc) is 3.04. The quantitative estimate of drug-likeness (QED) is 0.611. The highest BCUT2D eigenvalue weighted by molar-refractivity contribution is 5.93. The zero-order valence-corrected chi connectivity index (χ0v) is 15.8. The molecular weight excluding hydrogens is 316 g/mol. The van der Waals surface area contributed by atoms with E-state index in [0.29, 0.717) is 12.1 Å². The summed E-state index contributed by atoms with van der Waals surface area (Å²) in [5.74, 6) is 0.794. The number of aliphatic imine (C=N–C) groups is 1. The molecule has 1 aliphatic heterocycles. The van der Waals surface area contributed by atoms with Crippen LogP contribution in [-0.4, -0.2) is 56.2 Å². The molecule has 6 heteroatoms. The Hall–Kier alpha value is -2.08. The number of amides is 1. The molecule has 2 rings (SSSR count). The van der Waals surface area contributed by atoms with E-state index in [-0.39, 0.29) is 11.5 Å². The Labute approximate surface area is 150 Å². The lowest BCUT2D eigenvalue weighted by atomic mass is 10.0. The molecule has 1 fully saturated rings. The van der Waals surface area contributed by atoms with E-state index in [4.69, 9.17) is 4.74 Å². The van der Waals surface area contributed by atoms with Crippen molar-refractivity contribution in [2.75, 3.05) is 33.8 Å². The predicted molar refractivity (Wildman–Crippen MR) is 101 cm³/mol. The van der Waals surface area contributed by atoms with Crippen molar-refractivity contribution in [1.29, 1.82) is 0 Å². The van der Waals surface area contributed by atoms with Gasteiger partial charge in [0.05, 0.1) is 12.1 Å². The summed E-state index contributed by atoms with van der Waals surface area (Å²) in [5.41, 5.74) is 1.65. The SMILES string of the molecule is CCNC(=NCc1ccc(C(=O)N(C)C)cc1)NCC1(C)CCCO1. The first kappa shape index (κ1) is 19.2. The third-order valence-corrected chi connectivity index (χ3v) is 4.30. The fourth-order valence-corrected chi connectivity index (χ4v) is 2.77. The lowest BCUT2D eigenvalue weighted by Gasteiger charge is -2.24. The molecule has 2 N–H and O–H groups in total. The first-order valence-electron chi connectivity index (χ1n) is 8.90. The maximum Gasteiger partial charge on any atom is 0.253 e. The number of nitrogens with one attached hydrogen (secondary N) is 2. The van der Waals surface area contributed by atoms with Crippen molar-refractivity contribution in [1.82, 2.24) is 15.5 Å². The van der Waals surface area contributed by atoms with E-state index < -0.39 is 0 Å². The van der Waals surface area contributed by atoms with E-state index in [1.54, 1.807) is 19.0 Å². The number of hydrogen-bond donors (Lipinski definition) is 2. The minimum Gasteiger partial charge on any atom is -0.373 e. The Kier molecular flexibility index (Phi) is 6.82. The van der Waals surface area contributed by atoms with Gasteiger partial charge in [-0.15, -0.1) is 0 Å². The van der Waals surface area contributed by atoms with Gasteiger partial charge in [0.25, 0.3) is 5.91 Å². The highest BCUT2D eigenvalue weighted by atomic mass is 16.5. The Morgan fingerprint density at radius 1 is 1.28 bits per heavy atom. The zero-order valence-electron chi connectivity index (χ0n) is 15.8. The third-order valence-electron chi connectivity index (χ3n) is 4.30. The Balaban J connectivity index is 1.94. The minimum atomic E-state index is -0.107. The van der Waals surface area contributed by atoms with E-state index in [1.165, 1.54) is 0 Å². The molecule has 0 bridgehead atoms. The summed E-state index contributed by atoms with van der Waals surface area (Å²) in [7, 11) is 3.51. The lowest BCUT2D eigenvalue weighted by molar-refractivity contribution is 0.0243. The molecule has 0 radical (unpaired) electrons. The second kappa shape index (κ2) is 8.85. The van der Waals surface area contributed by atoms with E-state index in [2.05, 4.69) is 22.5 Å². The summed E-state index contributed by atoms with van der Waals surface area (Å²) in [5, 5.41) is 6.63. The zero-order chi connectivity index (χ0) is 18.3. The number of nitrogens with zero attached hydrogens (tertiary/aromatic N) is 2. The number of benzene rings is 1. The van der Waals surface area contributed by atoms with Crippen molar-refractivity contribution in [3.63, 3.8) is 0 Å². The van der Waals surface area contributed by atoms with Crippen molar-refractivity contribution < 1.29 is 9.53 Å². The van der Waals surface area contributed by atoms with E-state index in [9.17, 15) is 4.79 Å². The van der Waals surface area contributed by atoms with Gasteiger partial charge < -0.3 is 20.3 Å². The molecule has 6 nitrogen and oxygen atoms in total. The molecule has 1 aromatic rings. The van der Waals surface area contributed by atoms with Crippen LogP contribution in [0.15, 0.2) is 29.3 Å². The number of carbonyl (C=O) groups excluding carboxylic acids is 1. The monoisotopic (exact) mass is 346 g/mol. The predicted octanol–water partition coefficient (Wildman–Crippen LogP) is 2.01. The van der Waals surface area contributed by atoms with Gasteiger partial charge >= 0.3 is 0 Å². The molecule has 0 aliphatic carbocycles. The van der Waals surface area contributed by atoms with Crippen LogP contribution in [0.25, 0.3) is 0 Å². The maximum absolute atomic E-state index is 11.9. The summed E-state index contributed by atoms with van der Waals surface area (Å²) in [6.45, 7) is 7.13. The molecule has 138 valence electrons. The lowest BCUT2D eigenvalue weighted by Crippen LogP contribution is -2.45. The fourth-order valence-electron chi connectivity index (χ4n) is 2.77. The van der Waals surface area contributed by atoms with Crippen LogP contribution in [0.4, 0.5) is 0 Å². The van der Waals surface area contributed by atoms with E-state index in [1.807, 2.05) is 31.2 Å². The summed E-state index contributed by atoms with van der Waals surface area (Å²) >= 11 is 0.